The van der Waals surface area contributed by atoms with Crippen molar-refractivity contribution < 1.29 is 19.2 Å². The lowest BCUT2D eigenvalue weighted by atomic mass is 10.1. The fourth-order valence-electron chi connectivity index (χ4n) is 5.03. The van der Waals surface area contributed by atoms with Gasteiger partial charge in [0.15, 0.2) is 0 Å². The van der Waals surface area contributed by atoms with E-state index in [1.54, 1.807) is 62.6 Å². The number of nitrogens with one attached hydrogen (secondary N) is 2. The monoisotopic (exact) mass is 604 g/mol. The molecule has 0 heterocycles. The Morgan fingerprint density at radius 2 is 0.867 bits per heavy atom. The summed E-state index contributed by atoms with van der Waals surface area (Å²) >= 11 is 0. The molecule has 0 saturated heterocycles. The molecule has 0 radical (unpaired) electrons. The van der Waals surface area contributed by atoms with Gasteiger partial charge in [0.1, 0.15) is 0 Å². The Morgan fingerprint density at radius 3 is 1.27 bits per heavy atom. The minimum Gasteiger partial charge on any atom is -0.352 e. The van der Waals surface area contributed by atoms with E-state index in [1.165, 1.54) is 9.80 Å². The Balaban J connectivity index is 1.28. The van der Waals surface area contributed by atoms with Gasteiger partial charge in [-0.25, -0.2) is 0 Å². The van der Waals surface area contributed by atoms with Crippen molar-refractivity contribution in [2.24, 2.45) is 0 Å². The summed E-state index contributed by atoms with van der Waals surface area (Å²) in [5.41, 5.74) is 4.10. The van der Waals surface area contributed by atoms with Crippen molar-refractivity contribution in [2.75, 3.05) is 37.0 Å². The molecule has 4 rings (SSSR count). The van der Waals surface area contributed by atoms with E-state index < -0.39 is 0 Å². The van der Waals surface area contributed by atoms with Crippen LogP contribution >= 0.6 is 0 Å². The molecule has 0 bridgehead atoms. The fourth-order valence-corrected chi connectivity index (χ4v) is 5.03. The van der Waals surface area contributed by atoms with Gasteiger partial charge in [-0.05, 0) is 54.7 Å². The van der Waals surface area contributed by atoms with Gasteiger partial charge in [-0.2, -0.15) is 0 Å². The van der Waals surface area contributed by atoms with Crippen molar-refractivity contribution in [1.82, 2.24) is 10.6 Å². The first-order chi connectivity index (χ1) is 21.8. The predicted octanol–water partition coefficient (Wildman–Crippen LogP) is 5.43. The third kappa shape index (κ3) is 9.37. The molecular weight excluding hydrogens is 564 g/mol. The highest BCUT2D eigenvalue weighted by Gasteiger charge is 2.21. The first-order valence-corrected chi connectivity index (χ1v) is 15.2. The molecule has 0 aromatic heterocycles. The number of amides is 4. The second kappa shape index (κ2) is 16.6. The highest BCUT2D eigenvalue weighted by atomic mass is 16.2. The summed E-state index contributed by atoms with van der Waals surface area (Å²) in [6.45, 7) is 0.950. The largest absolute Gasteiger partial charge is 0.352 e. The summed E-state index contributed by atoms with van der Waals surface area (Å²) in [7, 11) is 3.28. The standard InChI is InChI=1S/C37H40N4O4/c1-40(32-20-11-9-18-30(32)36(44)38-26-24-28-14-5-3-6-15-28)34(42)22-13-23-35(43)41(2)33-21-12-10-19-31(33)37(45)39-27-25-29-16-7-4-8-17-29/h3-12,14-21H,13,22-27H2,1-2H3,(H,38,44)(H,39,45). The smallest absolute Gasteiger partial charge is 0.253 e. The van der Waals surface area contributed by atoms with Crippen molar-refractivity contribution in [1.29, 1.82) is 0 Å². The molecule has 0 aliphatic heterocycles. The van der Waals surface area contributed by atoms with Crippen LogP contribution in [0.1, 0.15) is 51.1 Å². The van der Waals surface area contributed by atoms with Crippen LogP contribution in [0, 0.1) is 0 Å². The first-order valence-electron chi connectivity index (χ1n) is 15.2. The highest BCUT2D eigenvalue weighted by molar-refractivity contribution is 6.06. The number of anilines is 2. The number of benzene rings is 4. The van der Waals surface area contributed by atoms with Crippen LogP contribution in [-0.2, 0) is 22.4 Å². The summed E-state index contributed by atoms with van der Waals surface area (Å²) in [6.07, 6.45) is 1.98. The second-order valence-electron chi connectivity index (χ2n) is 10.8. The van der Waals surface area contributed by atoms with Gasteiger partial charge in [0.2, 0.25) is 11.8 Å². The van der Waals surface area contributed by atoms with Gasteiger partial charge in [-0.1, -0.05) is 84.9 Å². The quantitative estimate of drug-likeness (QED) is 0.201. The van der Waals surface area contributed by atoms with Crippen molar-refractivity contribution in [2.45, 2.75) is 32.1 Å². The summed E-state index contributed by atoms with van der Waals surface area (Å²) in [5.74, 6) is -0.900. The summed E-state index contributed by atoms with van der Waals surface area (Å²) in [4.78, 5) is 55.1. The minimum atomic E-state index is -0.249. The van der Waals surface area contributed by atoms with Crippen LogP contribution in [0.25, 0.3) is 0 Å². The lowest BCUT2D eigenvalue weighted by molar-refractivity contribution is -0.119. The van der Waals surface area contributed by atoms with Crippen LogP contribution in [-0.4, -0.2) is 50.8 Å². The summed E-state index contributed by atoms with van der Waals surface area (Å²) in [6, 6.07) is 33.8. The number of carbonyl (C=O) groups is 4. The van der Waals surface area contributed by atoms with E-state index in [1.807, 2.05) is 60.7 Å². The van der Waals surface area contributed by atoms with Gasteiger partial charge in [0, 0.05) is 40.0 Å². The molecule has 8 nitrogen and oxygen atoms in total. The molecular formula is C37H40N4O4. The number of para-hydroxylation sites is 2. The number of carbonyl (C=O) groups excluding carboxylic acids is 4. The Labute approximate surface area is 265 Å². The molecule has 0 spiro atoms. The average molecular weight is 605 g/mol. The van der Waals surface area contributed by atoms with Crippen LogP contribution in [0.4, 0.5) is 11.4 Å². The molecule has 45 heavy (non-hydrogen) atoms. The maximum Gasteiger partial charge on any atom is 0.253 e. The van der Waals surface area contributed by atoms with Crippen LogP contribution in [0.5, 0.6) is 0 Å². The van der Waals surface area contributed by atoms with E-state index in [2.05, 4.69) is 10.6 Å². The van der Waals surface area contributed by atoms with Gasteiger partial charge in [-0.3, -0.25) is 19.2 Å². The highest BCUT2D eigenvalue weighted by Crippen LogP contribution is 2.22. The SMILES string of the molecule is CN(C(=O)CCCC(=O)N(C)c1ccccc1C(=O)NCCc1ccccc1)c1ccccc1C(=O)NCCc1ccccc1. The third-order valence-electron chi connectivity index (χ3n) is 7.63. The molecule has 0 aliphatic rings. The van der Waals surface area contributed by atoms with Crippen molar-refractivity contribution >= 4 is 35.0 Å². The van der Waals surface area contributed by atoms with E-state index in [4.69, 9.17) is 0 Å². The van der Waals surface area contributed by atoms with Gasteiger partial charge >= 0.3 is 0 Å². The fraction of sp³-hybridized carbons (Fsp3) is 0.243. The zero-order valence-corrected chi connectivity index (χ0v) is 25.9. The third-order valence-corrected chi connectivity index (χ3v) is 7.63. The lowest BCUT2D eigenvalue weighted by Gasteiger charge is -2.22. The van der Waals surface area contributed by atoms with Crippen molar-refractivity contribution in [3.8, 4) is 0 Å². The van der Waals surface area contributed by atoms with Gasteiger partial charge < -0.3 is 20.4 Å². The van der Waals surface area contributed by atoms with Crippen molar-refractivity contribution in [3.63, 3.8) is 0 Å². The maximum absolute atomic E-state index is 13.1. The topological polar surface area (TPSA) is 98.8 Å². The molecule has 2 N–H and O–H groups in total. The minimum absolute atomic E-state index is 0.127. The Morgan fingerprint density at radius 1 is 0.511 bits per heavy atom. The molecule has 0 aliphatic carbocycles. The van der Waals surface area contributed by atoms with E-state index in [9.17, 15) is 19.2 Å². The average Bonchev–Trinajstić information content (AvgIpc) is 3.08. The van der Waals surface area contributed by atoms with E-state index >= 15 is 0 Å². The lowest BCUT2D eigenvalue weighted by Crippen LogP contribution is -2.32. The van der Waals surface area contributed by atoms with E-state index in [0.29, 0.717) is 54.9 Å². The van der Waals surface area contributed by atoms with Gasteiger partial charge in [-0.15, -0.1) is 0 Å². The number of hydrogen-bond donors (Lipinski definition) is 2. The first kappa shape index (κ1) is 32.7. The van der Waals surface area contributed by atoms with Crippen LogP contribution < -0.4 is 20.4 Å². The molecule has 0 atom stereocenters. The van der Waals surface area contributed by atoms with Crippen LogP contribution in [0.2, 0.25) is 0 Å². The normalized spacial score (nSPS) is 10.5. The molecule has 4 amide bonds. The Hall–Kier alpha value is -5.24. The van der Waals surface area contributed by atoms with Gasteiger partial charge in [0.25, 0.3) is 11.8 Å². The van der Waals surface area contributed by atoms with E-state index in [0.717, 1.165) is 11.1 Å². The molecule has 8 heteroatoms. The second-order valence-corrected chi connectivity index (χ2v) is 10.8. The summed E-state index contributed by atoms with van der Waals surface area (Å²) in [5, 5.41) is 5.89. The number of nitrogens with zero attached hydrogens (tertiary/aromatic N) is 2. The van der Waals surface area contributed by atoms with E-state index in [-0.39, 0.29) is 36.5 Å². The van der Waals surface area contributed by atoms with Crippen molar-refractivity contribution in [3.05, 3.63) is 131 Å². The molecule has 0 fully saturated rings. The zero-order chi connectivity index (χ0) is 32.0. The molecule has 4 aromatic rings. The zero-order valence-electron chi connectivity index (χ0n) is 25.9. The Bertz CT molecular complexity index is 1470. The number of hydrogen-bond acceptors (Lipinski definition) is 4. The molecule has 232 valence electrons. The Kier molecular flexibility index (Phi) is 12.0. The molecule has 0 saturated carbocycles. The molecule has 0 unspecified atom stereocenters. The maximum atomic E-state index is 13.1. The predicted molar refractivity (Wildman–Crippen MR) is 179 cm³/mol. The van der Waals surface area contributed by atoms with Crippen LogP contribution in [0.15, 0.2) is 109 Å². The number of rotatable bonds is 14. The molecule has 4 aromatic carbocycles. The van der Waals surface area contributed by atoms with Crippen LogP contribution in [0.3, 0.4) is 0 Å². The van der Waals surface area contributed by atoms with Gasteiger partial charge in [0.05, 0.1) is 22.5 Å². The summed E-state index contributed by atoms with van der Waals surface area (Å²) < 4.78 is 0.